The second kappa shape index (κ2) is 5.86. The molecule has 1 aromatic rings. The zero-order valence-electron chi connectivity index (χ0n) is 11.5. The maximum absolute atomic E-state index is 6.52. The van der Waals surface area contributed by atoms with Crippen molar-refractivity contribution in [3.8, 4) is 0 Å². The zero-order chi connectivity index (χ0) is 13.2. The van der Waals surface area contributed by atoms with Gasteiger partial charge < -0.3 is 10.5 Å². The molecule has 3 heteroatoms. The van der Waals surface area contributed by atoms with E-state index >= 15 is 0 Å². The molecule has 0 aromatic heterocycles. The van der Waals surface area contributed by atoms with Crippen molar-refractivity contribution in [2.75, 3.05) is 13.2 Å². The van der Waals surface area contributed by atoms with Gasteiger partial charge in [-0.15, -0.1) is 0 Å². The molecule has 0 bridgehead atoms. The minimum Gasteiger partial charge on any atom is -0.381 e. The summed E-state index contributed by atoms with van der Waals surface area (Å²) in [5.41, 5.74) is 9.34. The Morgan fingerprint density at radius 1 is 1.16 bits per heavy atom. The van der Waals surface area contributed by atoms with E-state index in [2.05, 4.69) is 43.0 Å². The van der Waals surface area contributed by atoms with Gasteiger partial charge in [-0.2, -0.15) is 11.8 Å². The van der Waals surface area contributed by atoms with Crippen LogP contribution in [-0.2, 0) is 4.74 Å². The molecule has 0 amide bonds. The first kappa shape index (κ1) is 13.5. The fourth-order valence-corrected chi connectivity index (χ4v) is 4.96. The predicted octanol–water partition coefficient (Wildman–Crippen LogP) is 3.47. The molecule has 1 aliphatic carbocycles. The van der Waals surface area contributed by atoms with Crippen molar-refractivity contribution in [2.24, 2.45) is 5.73 Å². The van der Waals surface area contributed by atoms with Crippen LogP contribution in [0.3, 0.4) is 0 Å². The van der Waals surface area contributed by atoms with Crippen molar-refractivity contribution < 1.29 is 4.74 Å². The summed E-state index contributed by atoms with van der Waals surface area (Å²) in [6.07, 6.45) is 3.58. The van der Waals surface area contributed by atoms with Crippen molar-refractivity contribution in [3.05, 3.63) is 35.4 Å². The van der Waals surface area contributed by atoms with E-state index in [1.54, 1.807) is 0 Å². The molecule has 3 unspecified atom stereocenters. The van der Waals surface area contributed by atoms with Gasteiger partial charge in [-0.05, 0) is 36.3 Å². The molecular formula is C16H23NOS. The van der Waals surface area contributed by atoms with Gasteiger partial charge in [-0.25, -0.2) is 0 Å². The average molecular weight is 277 g/mol. The Morgan fingerprint density at radius 2 is 1.84 bits per heavy atom. The van der Waals surface area contributed by atoms with Crippen LogP contribution < -0.4 is 5.73 Å². The molecule has 19 heavy (non-hydrogen) atoms. The number of nitrogens with two attached hydrogens (primary N) is 1. The first-order chi connectivity index (χ1) is 9.25. The van der Waals surface area contributed by atoms with Gasteiger partial charge in [0, 0.05) is 29.8 Å². The molecule has 2 aliphatic rings. The van der Waals surface area contributed by atoms with Crippen LogP contribution in [0.25, 0.3) is 0 Å². The van der Waals surface area contributed by atoms with Crippen molar-refractivity contribution in [1.29, 1.82) is 0 Å². The van der Waals surface area contributed by atoms with Crippen LogP contribution in [0.1, 0.15) is 49.3 Å². The summed E-state index contributed by atoms with van der Waals surface area (Å²) in [5.74, 6) is 0.633. The van der Waals surface area contributed by atoms with Crippen LogP contribution in [-0.4, -0.2) is 23.7 Å². The molecule has 0 saturated carbocycles. The summed E-state index contributed by atoms with van der Waals surface area (Å²) in [6, 6.07) is 8.91. The number of rotatable bonds is 2. The molecular weight excluding hydrogens is 254 g/mol. The second-order valence-electron chi connectivity index (χ2n) is 5.78. The molecule has 2 N–H and O–H groups in total. The summed E-state index contributed by atoms with van der Waals surface area (Å²) in [5, 5.41) is 1.30. The highest BCUT2D eigenvalue weighted by Crippen LogP contribution is 2.43. The highest BCUT2D eigenvalue weighted by Gasteiger charge is 2.32. The van der Waals surface area contributed by atoms with Crippen LogP contribution in [0, 0.1) is 0 Å². The lowest BCUT2D eigenvalue weighted by Crippen LogP contribution is -2.33. The monoisotopic (exact) mass is 277 g/mol. The SMILES string of the molecule is CC1CC(SC2CCOCC2)C(N)c2ccccc21. The van der Waals surface area contributed by atoms with Crippen LogP contribution in [0.15, 0.2) is 24.3 Å². The zero-order valence-corrected chi connectivity index (χ0v) is 12.4. The fourth-order valence-electron chi connectivity index (χ4n) is 3.28. The number of thioether (sulfide) groups is 1. The van der Waals surface area contributed by atoms with Crippen molar-refractivity contribution in [2.45, 2.75) is 48.6 Å². The maximum atomic E-state index is 6.52. The first-order valence-electron chi connectivity index (χ1n) is 7.33. The van der Waals surface area contributed by atoms with Crippen molar-refractivity contribution in [1.82, 2.24) is 0 Å². The Hall–Kier alpha value is -0.510. The normalized spacial score (nSPS) is 32.0. The van der Waals surface area contributed by atoms with Gasteiger partial charge >= 0.3 is 0 Å². The smallest absolute Gasteiger partial charge is 0.0476 e. The third kappa shape index (κ3) is 2.83. The quantitative estimate of drug-likeness (QED) is 0.899. The molecule has 0 radical (unpaired) electrons. The third-order valence-corrected chi connectivity index (χ3v) is 6.10. The summed E-state index contributed by atoms with van der Waals surface area (Å²) in [6.45, 7) is 4.18. The lowest BCUT2D eigenvalue weighted by Gasteiger charge is -2.37. The van der Waals surface area contributed by atoms with E-state index in [-0.39, 0.29) is 6.04 Å². The summed E-state index contributed by atoms with van der Waals surface area (Å²) in [7, 11) is 0. The van der Waals surface area contributed by atoms with Gasteiger partial charge in [-0.3, -0.25) is 0 Å². The second-order valence-corrected chi connectivity index (χ2v) is 7.32. The lowest BCUT2D eigenvalue weighted by molar-refractivity contribution is 0.0998. The molecule has 2 nitrogen and oxygen atoms in total. The maximum Gasteiger partial charge on any atom is 0.0476 e. The molecule has 3 rings (SSSR count). The molecule has 1 fully saturated rings. The minimum atomic E-state index is 0.195. The van der Waals surface area contributed by atoms with Crippen molar-refractivity contribution >= 4 is 11.8 Å². The Bertz CT molecular complexity index is 431. The Balaban J connectivity index is 1.74. The first-order valence-corrected chi connectivity index (χ1v) is 8.27. The van der Waals surface area contributed by atoms with Gasteiger partial charge in [0.1, 0.15) is 0 Å². The van der Waals surface area contributed by atoms with E-state index in [1.807, 2.05) is 0 Å². The van der Waals surface area contributed by atoms with Crippen LogP contribution in [0.2, 0.25) is 0 Å². The Labute approximate surface area is 120 Å². The van der Waals surface area contributed by atoms with Gasteiger partial charge in [0.05, 0.1) is 0 Å². The van der Waals surface area contributed by atoms with E-state index in [0.29, 0.717) is 11.2 Å². The van der Waals surface area contributed by atoms with Crippen LogP contribution in [0.5, 0.6) is 0 Å². The molecule has 1 saturated heterocycles. The number of fused-ring (bicyclic) bond motifs is 1. The van der Waals surface area contributed by atoms with Gasteiger partial charge in [0.15, 0.2) is 0 Å². The van der Waals surface area contributed by atoms with Gasteiger partial charge in [0.2, 0.25) is 0 Å². The number of hydrogen-bond donors (Lipinski definition) is 1. The highest BCUT2D eigenvalue weighted by molar-refractivity contribution is 8.00. The number of benzene rings is 1. The van der Waals surface area contributed by atoms with Crippen LogP contribution >= 0.6 is 11.8 Å². The molecule has 0 spiro atoms. The summed E-state index contributed by atoms with van der Waals surface area (Å²) in [4.78, 5) is 0. The van der Waals surface area contributed by atoms with E-state index in [0.717, 1.165) is 18.5 Å². The number of ether oxygens (including phenoxy) is 1. The molecule has 1 aliphatic heterocycles. The van der Waals surface area contributed by atoms with E-state index in [4.69, 9.17) is 10.5 Å². The standard InChI is InChI=1S/C16H23NOS/c1-11-10-15(19-12-6-8-18-9-7-12)16(17)14-5-3-2-4-13(11)14/h2-5,11-12,15-16H,6-10,17H2,1H3. The predicted molar refractivity (Wildman–Crippen MR) is 81.6 cm³/mol. The highest BCUT2D eigenvalue weighted by atomic mass is 32.2. The van der Waals surface area contributed by atoms with E-state index in [9.17, 15) is 0 Å². The topological polar surface area (TPSA) is 35.2 Å². The fraction of sp³-hybridized carbons (Fsp3) is 0.625. The largest absolute Gasteiger partial charge is 0.381 e. The van der Waals surface area contributed by atoms with Crippen LogP contribution in [0.4, 0.5) is 0 Å². The van der Waals surface area contributed by atoms with Gasteiger partial charge in [-0.1, -0.05) is 31.2 Å². The number of hydrogen-bond acceptors (Lipinski definition) is 3. The minimum absolute atomic E-state index is 0.195. The van der Waals surface area contributed by atoms with Gasteiger partial charge in [0.25, 0.3) is 0 Å². The molecule has 1 heterocycles. The van der Waals surface area contributed by atoms with E-state index in [1.165, 1.54) is 30.4 Å². The lowest BCUT2D eigenvalue weighted by atomic mass is 9.81. The molecule has 1 aromatic carbocycles. The Kier molecular flexibility index (Phi) is 4.15. The summed E-state index contributed by atoms with van der Waals surface area (Å²) < 4.78 is 5.45. The summed E-state index contributed by atoms with van der Waals surface area (Å²) >= 11 is 2.11. The van der Waals surface area contributed by atoms with E-state index < -0.39 is 0 Å². The molecule has 104 valence electrons. The Morgan fingerprint density at radius 3 is 2.58 bits per heavy atom. The average Bonchev–Trinajstić information content (AvgIpc) is 2.46. The molecule has 3 atom stereocenters. The third-order valence-electron chi connectivity index (χ3n) is 4.41. The van der Waals surface area contributed by atoms with Crippen molar-refractivity contribution in [3.63, 3.8) is 0 Å².